The number of methoxy groups -OCH3 is 2. The highest BCUT2D eigenvalue weighted by Crippen LogP contribution is 2.31. The molecule has 2 heterocycles. The summed E-state index contributed by atoms with van der Waals surface area (Å²) >= 11 is 0. The number of hydrogen-bond donors (Lipinski definition) is 2. The lowest BCUT2D eigenvalue weighted by atomic mass is 10.2. The molecule has 0 atom stereocenters. The minimum Gasteiger partial charge on any atom is -0.493 e. The number of aromatic nitrogens is 4. The van der Waals surface area contributed by atoms with Crippen LogP contribution in [-0.2, 0) is 14.8 Å². The number of benzene rings is 2. The zero-order valence-electron chi connectivity index (χ0n) is 19.8. The molecule has 0 saturated heterocycles. The van der Waals surface area contributed by atoms with Crippen molar-refractivity contribution in [3.05, 3.63) is 54.6 Å². The van der Waals surface area contributed by atoms with Crippen molar-refractivity contribution in [2.24, 2.45) is 0 Å². The van der Waals surface area contributed by atoms with Gasteiger partial charge in [-0.1, -0.05) is 0 Å². The van der Waals surface area contributed by atoms with Crippen LogP contribution in [0.4, 0.5) is 5.69 Å². The summed E-state index contributed by atoms with van der Waals surface area (Å²) in [6, 6.07) is 14.5. The van der Waals surface area contributed by atoms with Crippen molar-refractivity contribution < 1.29 is 27.4 Å². The van der Waals surface area contributed by atoms with Crippen molar-refractivity contribution in [1.29, 1.82) is 0 Å². The van der Waals surface area contributed by atoms with Gasteiger partial charge in [0.25, 0.3) is 0 Å². The Bertz CT molecular complexity index is 1490. The van der Waals surface area contributed by atoms with E-state index < -0.39 is 10.0 Å². The zero-order chi connectivity index (χ0) is 25.7. The van der Waals surface area contributed by atoms with Crippen molar-refractivity contribution in [1.82, 2.24) is 24.5 Å². The number of sulfonamides is 1. The molecule has 0 bridgehead atoms. The van der Waals surface area contributed by atoms with E-state index in [9.17, 15) is 13.2 Å². The van der Waals surface area contributed by atoms with E-state index in [1.807, 2.05) is 6.07 Å². The van der Waals surface area contributed by atoms with Crippen LogP contribution in [0.3, 0.4) is 0 Å². The molecule has 0 aliphatic heterocycles. The monoisotopic (exact) mass is 512 g/mol. The Balaban J connectivity index is 1.41. The van der Waals surface area contributed by atoms with E-state index in [1.54, 1.807) is 38.5 Å². The number of carbonyl (C=O) groups excluding carboxylic acids is 1. The quantitative estimate of drug-likeness (QED) is 0.305. The largest absolute Gasteiger partial charge is 0.493 e. The van der Waals surface area contributed by atoms with E-state index in [0.717, 1.165) is 0 Å². The zero-order valence-corrected chi connectivity index (χ0v) is 20.6. The summed E-state index contributed by atoms with van der Waals surface area (Å²) in [5.74, 6) is 1.62. The normalized spacial score (nSPS) is 11.3. The second-order valence-corrected chi connectivity index (χ2v) is 9.25. The molecule has 0 fully saturated rings. The first kappa shape index (κ1) is 24.9. The Morgan fingerprint density at radius 3 is 2.42 bits per heavy atom. The smallest absolute Gasteiger partial charge is 0.240 e. The molecule has 1 amide bonds. The summed E-state index contributed by atoms with van der Waals surface area (Å²) in [6.45, 7) is 1.43. The van der Waals surface area contributed by atoms with Gasteiger partial charge in [0.15, 0.2) is 23.0 Å². The number of carbonyl (C=O) groups is 1. The molecule has 13 heteroatoms. The number of nitrogens with one attached hydrogen (secondary N) is 2. The molecule has 2 aromatic heterocycles. The summed E-state index contributed by atoms with van der Waals surface area (Å²) in [6.07, 6.45) is 0. The highest BCUT2D eigenvalue weighted by Gasteiger charge is 2.15. The van der Waals surface area contributed by atoms with Gasteiger partial charge in [-0.2, -0.15) is 4.52 Å². The number of hydrogen-bond acceptors (Lipinski definition) is 9. The van der Waals surface area contributed by atoms with Gasteiger partial charge in [-0.25, -0.2) is 13.1 Å². The maximum Gasteiger partial charge on any atom is 0.240 e. The van der Waals surface area contributed by atoms with Gasteiger partial charge >= 0.3 is 0 Å². The lowest BCUT2D eigenvalue weighted by molar-refractivity contribution is -0.114. The van der Waals surface area contributed by atoms with Gasteiger partial charge in [-0.3, -0.25) is 4.79 Å². The lowest BCUT2D eigenvalue weighted by Crippen LogP contribution is -2.28. The van der Waals surface area contributed by atoms with Crippen LogP contribution in [0.1, 0.15) is 6.92 Å². The molecule has 0 spiro atoms. The summed E-state index contributed by atoms with van der Waals surface area (Å²) in [5, 5.41) is 15.3. The summed E-state index contributed by atoms with van der Waals surface area (Å²) in [7, 11) is -0.652. The fourth-order valence-corrected chi connectivity index (χ4v) is 4.35. The maximum absolute atomic E-state index is 12.5. The van der Waals surface area contributed by atoms with Crippen LogP contribution in [0.25, 0.3) is 17.0 Å². The number of nitrogens with zero attached hydrogens (tertiary/aromatic N) is 4. The van der Waals surface area contributed by atoms with Gasteiger partial charge in [-0.15, -0.1) is 15.3 Å². The first-order valence-corrected chi connectivity index (χ1v) is 12.2. The Morgan fingerprint density at radius 1 is 0.972 bits per heavy atom. The van der Waals surface area contributed by atoms with Crippen molar-refractivity contribution in [3.63, 3.8) is 0 Å². The van der Waals surface area contributed by atoms with Gasteiger partial charge < -0.3 is 19.5 Å². The van der Waals surface area contributed by atoms with Crippen LogP contribution in [0.2, 0.25) is 0 Å². The molecule has 0 aliphatic carbocycles. The van der Waals surface area contributed by atoms with Gasteiger partial charge in [0, 0.05) is 30.8 Å². The number of ether oxygens (including phenoxy) is 3. The van der Waals surface area contributed by atoms with E-state index in [-0.39, 0.29) is 29.8 Å². The molecule has 188 valence electrons. The van der Waals surface area contributed by atoms with Crippen molar-refractivity contribution in [3.8, 4) is 28.8 Å². The number of rotatable bonds is 10. The topological polar surface area (TPSA) is 146 Å². The number of amides is 1. The van der Waals surface area contributed by atoms with Crippen LogP contribution in [0.5, 0.6) is 17.4 Å². The van der Waals surface area contributed by atoms with E-state index in [2.05, 4.69) is 25.3 Å². The fraction of sp³-hybridized carbons (Fsp3) is 0.217. The molecule has 0 aliphatic rings. The second kappa shape index (κ2) is 10.6. The lowest BCUT2D eigenvalue weighted by Gasteiger charge is -2.10. The number of anilines is 1. The van der Waals surface area contributed by atoms with Crippen molar-refractivity contribution >= 4 is 27.3 Å². The molecule has 0 unspecified atom stereocenters. The van der Waals surface area contributed by atoms with Crippen LogP contribution in [-0.4, -0.2) is 61.5 Å². The van der Waals surface area contributed by atoms with E-state index >= 15 is 0 Å². The SMILES string of the molecule is COc1ccc(-c2nnc3ccc(OCCNS(=O)(=O)c4ccc(NC(C)=O)cc4)nn23)cc1OC. The Labute approximate surface area is 207 Å². The first-order chi connectivity index (χ1) is 17.3. The van der Waals surface area contributed by atoms with Crippen LogP contribution in [0.15, 0.2) is 59.5 Å². The molecular weight excluding hydrogens is 488 g/mol. The van der Waals surface area contributed by atoms with Crippen LogP contribution >= 0.6 is 0 Å². The standard InChI is InChI=1S/C23H24N6O6S/c1-15(30)25-17-5-7-18(8-6-17)36(31,32)24-12-13-35-22-11-10-21-26-27-23(29(21)28-22)16-4-9-19(33-2)20(14-16)34-3/h4-11,14,24H,12-13H2,1-3H3,(H,25,30). The third kappa shape index (κ3) is 5.53. The van der Waals surface area contributed by atoms with Crippen molar-refractivity contribution in [2.45, 2.75) is 11.8 Å². The van der Waals surface area contributed by atoms with Gasteiger partial charge in [-0.05, 0) is 48.5 Å². The Kier molecular flexibility index (Phi) is 7.31. The summed E-state index contributed by atoms with van der Waals surface area (Å²) in [4.78, 5) is 11.2. The Hall–Kier alpha value is -4.23. The number of fused-ring (bicyclic) bond motifs is 1. The van der Waals surface area contributed by atoms with Gasteiger partial charge in [0.2, 0.25) is 21.8 Å². The highest BCUT2D eigenvalue weighted by molar-refractivity contribution is 7.89. The first-order valence-electron chi connectivity index (χ1n) is 10.8. The van der Waals surface area contributed by atoms with Crippen LogP contribution < -0.4 is 24.2 Å². The minimum atomic E-state index is -3.75. The van der Waals surface area contributed by atoms with E-state index in [0.29, 0.717) is 34.2 Å². The molecule has 36 heavy (non-hydrogen) atoms. The minimum absolute atomic E-state index is 0.0141. The molecule has 2 aromatic carbocycles. The molecule has 0 radical (unpaired) electrons. The highest BCUT2D eigenvalue weighted by atomic mass is 32.2. The predicted molar refractivity (Wildman–Crippen MR) is 131 cm³/mol. The van der Waals surface area contributed by atoms with E-state index in [1.165, 1.54) is 35.7 Å². The summed E-state index contributed by atoms with van der Waals surface area (Å²) in [5.41, 5.74) is 1.73. The molecule has 0 saturated carbocycles. The third-order valence-corrected chi connectivity index (χ3v) is 6.49. The summed E-state index contributed by atoms with van der Waals surface area (Å²) < 4.78 is 45.3. The van der Waals surface area contributed by atoms with E-state index in [4.69, 9.17) is 14.2 Å². The average Bonchev–Trinajstić information content (AvgIpc) is 3.29. The maximum atomic E-state index is 12.5. The second-order valence-electron chi connectivity index (χ2n) is 7.49. The predicted octanol–water partition coefficient (Wildman–Crippen LogP) is 2.12. The van der Waals surface area contributed by atoms with Crippen molar-refractivity contribution in [2.75, 3.05) is 32.7 Å². The molecule has 4 rings (SSSR count). The van der Waals surface area contributed by atoms with Gasteiger partial charge in [0.05, 0.1) is 19.1 Å². The average molecular weight is 513 g/mol. The molecule has 4 aromatic rings. The molecular formula is C23H24N6O6S. The molecule has 12 nitrogen and oxygen atoms in total. The van der Waals surface area contributed by atoms with Gasteiger partial charge in [0.1, 0.15) is 6.61 Å². The molecule has 2 N–H and O–H groups in total. The van der Waals surface area contributed by atoms with Crippen LogP contribution in [0, 0.1) is 0 Å². The third-order valence-electron chi connectivity index (χ3n) is 5.01. The Morgan fingerprint density at radius 2 is 1.72 bits per heavy atom. The fourth-order valence-electron chi connectivity index (χ4n) is 3.34.